The van der Waals surface area contributed by atoms with Gasteiger partial charge in [0.25, 0.3) is 0 Å². The summed E-state index contributed by atoms with van der Waals surface area (Å²) in [6.45, 7) is 0.677. The Bertz CT molecular complexity index is 385. The summed E-state index contributed by atoms with van der Waals surface area (Å²) in [6, 6.07) is 2.88. The highest BCUT2D eigenvalue weighted by molar-refractivity contribution is 5.62. The standard InChI is InChI=1S/C10H10FNO/c11-6-3-7-9(8(12)4-6)13-5-10(7)1-2-10/h3-4H,1-2,5,12H2. The number of halogens is 1. The van der Waals surface area contributed by atoms with E-state index in [-0.39, 0.29) is 11.2 Å². The molecular formula is C10H10FNO. The quantitative estimate of drug-likeness (QED) is 0.616. The number of hydrogen-bond donors (Lipinski definition) is 1. The molecule has 3 rings (SSSR count). The number of ether oxygens (including phenoxy) is 1. The molecule has 1 fully saturated rings. The molecule has 2 N–H and O–H groups in total. The van der Waals surface area contributed by atoms with Crippen LogP contribution in [0.1, 0.15) is 18.4 Å². The number of hydrogen-bond acceptors (Lipinski definition) is 2. The number of nitrogens with two attached hydrogens (primary N) is 1. The monoisotopic (exact) mass is 179 g/mol. The molecule has 1 aliphatic heterocycles. The average molecular weight is 179 g/mol. The van der Waals surface area contributed by atoms with Crippen LogP contribution in [-0.2, 0) is 5.41 Å². The third kappa shape index (κ3) is 0.816. The van der Waals surface area contributed by atoms with Crippen molar-refractivity contribution in [1.29, 1.82) is 0 Å². The van der Waals surface area contributed by atoms with E-state index in [0.717, 1.165) is 18.4 Å². The molecule has 0 bridgehead atoms. The molecule has 13 heavy (non-hydrogen) atoms. The second-order valence-corrected chi connectivity index (χ2v) is 3.94. The fraction of sp³-hybridized carbons (Fsp3) is 0.400. The van der Waals surface area contributed by atoms with Crippen LogP contribution in [0, 0.1) is 5.82 Å². The SMILES string of the molecule is Nc1cc(F)cc2c1OCC21CC1. The van der Waals surface area contributed by atoms with Crippen LogP contribution in [0.3, 0.4) is 0 Å². The molecule has 1 aromatic rings. The summed E-state index contributed by atoms with van der Waals surface area (Å²) < 4.78 is 18.5. The van der Waals surface area contributed by atoms with Gasteiger partial charge in [-0.1, -0.05) is 0 Å². The molecule has 2 nitrogen and oxygen atoms in total. The lowest BCUT2D eigenvalue weighted by molar-refractivity contribution is 0.325. The molecule has 1 spiro atoms. The minimum Gasteiger partial charge on any atom is -0.490 e. The first kappa shape index (κ1) is 7.18. The molecule has 0 saturated heterocycles. The van der Waals surface area contributed by atoms with Gasteiger partial charge in [0.1, 0.15) is 11.6 Å². The first-order valence-corrected chi connectivity index (χ1v) is 4.44. The zero-order chi connectivity index (χ0) is 9.05. The highest BCUT2D eigenvalue weighted by Crippen LogP contribution is 2.56. The van der Waals surface area contributed by atoms with Gasteiger partial charge in [-0.2, -0.15) is 0 Å². The van der Waals surface area contributed by atoms with Gasteiger partial charge in [0.2, 0.25) is 0 Å². The second kappa shape index (κ2) is 1.97. The van der Waals surface area contributed by atoms with Crippen molar-refractivity contribution in [3.05, 3.63) is 23.5 Å². The molecule has 0 amide bonds. The summed E-state index contributed by atoms with van der Waals surface area (Å²) in [4.78, 5) is 0. The number of rotatable bonds is 0. The molecule has 0 aromatic heterocycles. The van der Waals surface area contributed by atoms with Crippen LogP contribution in [0.5, 0.6) is 5.75 Å². The fourth-order valence-corrected chi connectivity index (χ4v) is 2.02. The largest absolute Gasteiger partial charge is 0.490 e. The summed E-state index contributed by atoms with van der Waals surface area (Å²) >= 11 is 0. The highest BCUT2D eigenvalue weighted by Gasteiger charge is 2.51. The van der Waals surface area contributed by atoms with E-state index >= 15 is 0 Å². The first-order chi connectivity index (χ1) is 6.21. The maximum Gasteiger partial charge on any atom is 0.146 e. The third-order valence-corrected chi connectivity index (χ3v) is 3.00. The predicted octanol–water partition coefficient (Wildman–Crippen LogP) is 1.83. The van der Waals surface area contributed by atoms with E-state index < -0.39 is 0 Å². The summed E-state index contributed by atoms with van der Waals surface area (Å²) in [5.74, 6) is 0.451. The summed E-state index contributed by atoms with van der Waals surface area (Å²) in [7, 11) is 0. The Morgan fingerprint density at radius 3 is 2.85 bits per heavy atom. The van der Waals surface area contributed by atoms with Gasteiger partial charge in [-0.25, -0.2) is 4.39 Å². The second-order valence-electron chi connectivity index (χ2n) is 3.94. The van der Waals surface area contributed by atoms with Gasteiger partial charge >= 0.3 is 0 Å². The minimum absolute atomic E-state index is 0.117. The zero-order valence-corrected chi connectivity index (χ0v) is 7.14. The Morgan fingerprint density at radius 2 is 2.15 bits per heavy atom. The summed E-state index contributed by atoms with van der Waals surface area (Å²) in [5, 5.41) is 0. The number of nitrogen functional groups attached to an aromatic ring is 1. The Balaban J connectivity index is 2.24. The lowest BCUT2D eigenvalue weighted by Crippen LogP contribution is -2.07. The van der Waals surface area contributed by atoms with Crippen molar-refractivity contribution in [2.24, 2.45) is 0 Å². The molecule has 3 heteroatoms. The van der Waals surface area contributed by atoms with Crippen molar-refractivity contribution in [2.75, 3.05) is 12.3 Å². The van der Waals surface area contributed by atoms with Crippen molar-refractivity contribution < 1.29 is 9.13 Å². The van der Waals surface area contributed by atoms with Crippen LogP contribution in [0.25, 0.3) is 0 Å². The average Bonchev–Trinajstić information content (AvgIpc) is 2.73. The van der Waals surface area contributed by atoms with Gasteiger partial charge in [-0.3, -0.25) is 0 Å². The normalized spacial score (nSPS) is 21.3. The molecule has 2 aliphatic rings. The Morgan fingerprint density at radius 1 is 1.38 bits per heavy atom. The topological polar surface area (TPSA) is 35.2 Å². The highest BCUT2D eigenvalue weighted by atomic mass is 19.1. The number of anilines is 1. The van der Waals surface area contributed by atoms with E-state index in [1.54, 1.807) is 6.07 Å². The van der Waals surface area contributed by atoms with Gasteiger partial charge in [-0.05, 0) is 18.9 Å². The van der Waals surface area contributed by atoms with Gasteiger partial charge in [-0.15, -0.1) is 0 Å². The van der Waals surface area contributed by atoms with Crippen molar-refractivity contribution in [1.82, 2.24) is 0 Å². The summed E-state index contributed by atoms with van der Waals surface area (Å²) in [6.07, 6.45) is 2.20. The van der Waals surface area contributed by atoms with E-state index in [9.17, 15) is 4.39 Å². The van der Waals surface area contributed by atoms with Crippen LogP contribution in [0.15, 0.2) is 12.1 Å². The predicted molar refractivity (Wildman–Crippen MR) is 47.2 cm³/mol. The molecule has 68 valence electrons. The van der Waals surface area contributed by atoms with Crippen LogP contribution in [0.4, 0.5) is 10.1 Å². The van der Waals surface area contributed by atoms with E-state index in [4.69, 9.17) is 10.5 Å². The third-order valence-electron chi connectivity index (χ3n) is 3.00. The maximum atomic E-state index is 13.1. The number of fused-ring (bicyclic) bond motifs is 2. The lowest BCUT2D eigenvalue weighted by Gasteiger charge is -2.04. The van der Waals surface area contributed by atoms with Crippen LogP contribution in [0.2, 0.25) is 0 Å². The van der Waals surface area contributed by atoms with Crippen LogP contribution < -0.4 is 10.5 Å². The minimum atomic E-state index is -0.256. The van der Waals surface area contributed by atoms with E-state index in [0.29, 0.717) is 18.0 Å². The molecule has 1 aliphatic carbocycles. The first-order valence-electron chi connectivity index (χ1n) is 4.44. The maximum absolute atomic E-state index is 13.1. The molecule has 1 saturated carbocycles. The van der Waals surface area contributed by atoms with E-state index in [2.05, 4.69) is 0 Å². The molecular weight excluding hydrogens is 169 g/mol. The summed E-state index contributed by atoms with van der Waals surface area (Å²) in [5.41, 5.74) is 7.18. The van der Waals surface area contributed by atoms with Crippen molar-refractivity contribution in [3.8, 4) is 5.75 Å². The molecule has 0 atom stereocenters. The molecule has 0 radical (unpaired) electrons. The van der Waals surface area contributed by atoms with Crippen LogP contribution in [-0.4, -0.2) is 6.61 Å². The van der Waals surface area contributed by atoms with Crippen LogP contribution >= 0.6 is 0 Å². The lowest BCUT2D eigenvalue weighted by atomic mass is 9.98. The Kier molecular flexibility index (Phi) is 1.09. The Hall–Kier alpha value is -1.25. The van der Waals surface area contributed by atoms with Gasteiger partial charge in [0.05, 0.1) is 12.3 Å². The number of benzene rings is 1. The van der Waals surface area contributed by atoms with Gasteiger partial charge in [0, 0.05) is 17.0 Å². The Labute approximate surface area is 75.5 Å². The molecule has 1 aromatic carbocycles. The van der Waals surface area contributed by atoms with Gasteiger partial charge in [0.15, 0.2) is 0 Å². The fourth-order valence-electron chi connectivity index (χ4n) is 2.02. The molecule has 0 unspecified atom stereocenters. The van der Waals surface area contributed by atoms with Crippen molar-refractivity contribution >= 4 is 5.69 Å². The van der Waals surface area contributed by atoms with Crippen molar-refractivity contribution in [2.45, 2.75) is 18.3 Å². The molecule has 1 heterocycles. The van der Waals surface area contributed by atoms with E-state index in [1.165, 1.54) is 6.07 Å². The zero-order valence-electron chi connectivity index (χ0n) is 7.14. The van der Waals surface area contributed by atoms with E-state index in [1.807, 2.05) is 0 Å². The smallest absolute Gasteiger partial charge is 0.146 e. The van der Waals surface area contributed by atoms with Crippen molar-refractivity contribution in [3.63, 3.8) is 0 Å². The van der Waals surface area contributed by atoms with Gasteiger partial charge < -0.3 is 10.5 Å².